The average Bonchev–Trinajstić information content (AvgIpc) is 2.21. The Morgan fingerprint density at radius 1 is 1.00 bits per heavy atom. The molecular weight excluding hydrogens is 192 g/mol. The Morgan fingerprint density at radius 3 is 2.29 bits per heavy atom. The van der Waals surface area contributed by atoms with E-state index in [1.54, 1.807) is 0 Å². The predicted octanol–water partition coefficient (Wildman–Crippen LogP) is 4.54. The molecule has 0 aromatic carbocycles. The van der Waals surface area contributed by atoms with Gasteiger partial charge in [-0.1, -0.05) is 43.6 Å². The smallest absolute Gasteiger partial charge is 0.0223 e. The molecule has 80 valence electrons. The van der Waals surface area contributed by atoms with Gasteiger partial charge in [0.15, 0.2) is 0 Å². The lowest BCUT2D eigenvalue weighted by Crippen LogP contribution is -1.80. The van der Waals surface area contributed by atoms with Crippen molar-refractivity contribution in [2.75, 3.05) is 5.88 Å². The number of alkyl halides is 1. The van der Waals surface area contributed by atoms with Crippen molar-refractivity contribution in [2.45, 2.75) is 51.9 Å². The first kappa shape index (κ1) is 13.6. The lowest BCUT2D eigenvalue weighted by Gasteiger charge is -1.97. The van der Waals surface area contributed by atoms with Gasteiger partial charge in [0.1, 0.15) is 0 Å². The summed E-state index contributed by atoms with van der Waals surface area (Å²) in [7, 11) is 0. The molecule has 0 rings (SSSR count). The minimum atomic E-state index is 0.814. The van der Waals surface area contributed by atoms with Gasteiger partial charge in [-0.2, -0.15) is 0 Å². The first-order valence-electron chi connectivity index (χ1n) is 5.57. The molecule has 0 fully saturated rings. The molecule has 0 bridgehead atoms. The van der Waals surface area contributed by atoms with Gasteiger partial charge >= 0.3 is 0 Å². The van der Waals surface area contributed by atoms with E-state index in [1.807, 2.05) is 19.1 Å². The Hall–Kier alpha value is -0.410. The summed E-state index contributed by atoms with van der Waals surface area (Å²) in [5, 5.41) is 0. The average molecular weight is 213 g/mol. The Kier molecular flexibility index (Phi) is 12.2. The van der Waals surface area contributed by atoms with E-state index >= 15 is 0 Å². The maximum atomic E-state index is 5.59. The van der Waals surface area contributed by atoms with E-state index in [2.05, 4.69) is 11.8 Å². The third kappa shape index (κ3) is 11.6. The molecule has 0 aromatic heterocycles. The van der Waals surface area contributed by atoms with Crippen molar-refractivity contribution >= 4 is 11.6 Å². The van der Waals surface area contributed by atoms with Gasteiger partial charge in [-0.3, -0.25) is 0 Å². The van der Waals surface area contributed by atoms with Crippen LogP contribution in [-0.4, -0.2) is 5.88 Å². The van der Waals surface area contributed by atoms with E-state index in [9.17, 15) is 0 Å². The van der Waals surface area contributed by atoms with Crippen LogP contribution in [-0.2, 0) is 0 Å². The van der Waals surface area contributed by atoms with Crippen molar-refractivity contribution in [3.63, 3.8) is 0 Å². The number of allylic oxidation sites excluding steroid dienone is 2. The summed E-state index contributed by atoms with van der Waals surface area (Å²) in [5.41, 5.74) is 0. The molecule has 0 atom stereocenters. The van der Waals surface area contributed by atoms with Crippen LogP contribution in [0, 0.1) is 11.8 Å². The SMILES string of the molecule is C/C=C\C#CCCCCCCCCCl. The molecule has 14 heavy (non-hydrogen) atoms. The van der Waals surface area contributed by atoms with Gasteiger partial charge < -0.3 is 0 Å². The third-order valence-electron chi connectivity index (χ3n) is 2.04. The number of hydrogen-bond donors (Lipinski definition) is 0. The Morgan fingerprint density at radius 2 is 1.64 bits per heavy atom. The van der Waals surface area contributed by atoms with Crippen LogP contribution in [0.1, 0.15) is 51.9 Å². The molecule has 0 unspecified atom stereocenters. The molecule has 0 aliphatic carbocycles. The summed E-state index contributed by atoms with van der Waals surface area (Å²) in [4.78, 5) is 0. The third-order valence-corrected chi connectivity index (χ3v) is 2.30. The second-order valence-corrected chi connectivity index (χ2v) is 3.76. The summed E-state index contributed by atoms with van der Waals surface area (Å²) in [6.45, 7) is 1.99. The van der Waals surface area contributed by atoms with E-state index in [1.165, 1.54) is 38.5 Å². The lowest BCUT2D eigenvalue weighted by atomic mass is 10.1. The van der Waals surface area contributed by atoms with Gasteiger partial charge in [-0.25, -0.2) is 0 Å². The molecule has 0 N–H and O–H groups in total. The van der Waals surface area contributed by atoms with Crippen LogP contribution in [0.15, 0.2) is 12.2 Å². The fraction of sp³-hybridized carbons (Fsp3) is 0.692. The van der Waals surface area contributed by atoms with Crippen molar-refractivity contribution in [3.05, 3.63) is 12.2 Å². The summed E-state index contributed by atoms with van der Waals surface area (Å²) < 4.78 is 0. The minimum Gasteiger partial charge on any atom is -0.127 e. The van der Waals surface area contributed by atoms with Crippen LogP contribution in [0.4, 0.5) is 0 Å². The largest absolute Gasteiger partial charge is 0.127 e. The number of hydrogen-bond acceptors (Lipinski definition) is 0. The van der Waals surface area contributed by atoms with Crippen molar-refractivity contribution < 1.29 is 0 Å². The normalized spacial score (nSPS) is 10.1. The molecule has 0 heterocycles. The molecule has 0 radical (unpaired) electrons. The van der Waals surface area contributed by atoms with Crippen LogP contribution in [0.3, 0.4) is 0 Å². The first-order chi connectivity index (χ1) is 6.91. The minimum absolute atomic E-state index is 0.814. The Labute approximate surface area is 93.7 Å². The van der Waals surface area contributed by atoms with Gasteiger partial charge in [0, 0.05) is 12.3 Å². The maximum Gasteiger partial charge on any atom is 0.0223 e. The summed E-state index contributed by atoms with van der Waals surface area (Å²) in [5.74, 6) is 6.94. The molecule has 0 nitrogen and oxygen atoms in total. The van der Waals surface area contributed by atoms with E-state index in [0.717, 1.165) is 12.3 Å². The fourth-order valence-electron chi connectivity index (χ4n) is 1.23. The van der Waals surface area contributed by atoms with Gasteiger partial charge in [-0.05, 0) is 25.8 Å². The van der Waals surface area contributed by atoms with Gasteiger partial charge in [0.25, 0.3) is 0 Å². The maximum absolute atomic E-state index is 5.59. The van der Waals surface area contributed by atoms with Crippen molar-refractivity contribution in [3.8, 4) is 11.8 Å². The van der Waals surface area contributed by atoms with E-state index < -0.39 is 0 Å². The molecular formula is C13H21Cl. The molecule has 0 aromatic rings. The molecule has 0 aliphatic heterocycles. The Balaban J connectivity index is 3.03. The fourth-order valence-corrected chi connectivity index (χ4v) is 1.42. The molecule has 0 amide bonds. The Bertz CT molecular complexity index is 183. The highest BCUT2D eigenvalue weighted by molar-refractivity contribution is 6.17. The second kappa shape index (κ2) is 12.6. The quantitative estimate of drug-likeness (QED) is 0.330. The predicted molar refractivity (Wildman–Crippen MR) is 65.6 cm³/mol. The van der Waals surface area contributed by atoms with Crippen LogP contribution < -0.4 is 0 Å². The number of unbranched alkanes of at least 4 members (excludes halogenated alkanes) is 6. The van der Waals surface area contributed by atoms with E-state index in [-0.39, 0.29) is 0 Å². The zero-order chi connectivity index (χ0) is 10.5. The summed E-state index contributed by atoms with van der Waals surface area (Å²) in [6, 6.07) is 0. The van der Waals surface area contributed by atoms with Crippen molar-refractivity contribution in [1.29, 1.82) is 0 Å². The highest BCUT2D eigenvalue weighted by Crippen LogP contribution is 2.07. The number of halogens is 1. The van der Waals surface area contributed by atoms with E-state index in [0.29, 0.717) is 0 Å². The molecule has 1 heteroatoms. The topological polar surface area (TPSA) is 0 Å². The zero-order valence-electron chi connectivity index (χ0n) is 9.19. The lowest BCUT2D eigenvalue weighted by molar-refractivity contribution is 0.615. The standard InChI is InChI=1S/C13H21Cl/c1-2-3-4-5-6-7-8-9-10-11-12-13-14/h2-3H,6-13H2,1H3/b3-2-. The van der Waals surface area contributed by atoms with Gasteiger partial charge in [0.05, 0.1) is 0 Å². The monoisotopic (exact) mass is 212 g/mol. The van der Waals surface area contributed by atoms with Gasteiger partial charge in [0.2, 0.25) is 0 Å². The summed E-state index contributed by atoms with van der Waals surface area (Å²) in [6.07, 6.45) is 12.6. The first-order valence-corrected chi connectivity index (χ1v) is 6.10. The highest BCUT2D eigenvalue weighted by atomic mass is 35.5. The summed E-state index contributed by atoms with van der Waals surface area (Å²) >= 11 is 5.59. The number of rotatable bonds is 7. The molecule has 0 saturated carbocycles. The van der Waals surface area contributed by atoms with Crippen molar-refractivity contribution in [2.24, 2.45) is 0 Å². The van der Waals surface area contributed by atoms with Gasteiger partial charge in [-0.15, -0.1) is 11.6 Å². The van der Waals surface area contributed by atoms with Crippen LogP contribution in [0.5, 0.6) is 0 Å². The van der Waals surface area contributed by atoms with Crippen LogP contribution in [0.2, 0.25) is 0 Å². The molecule has 0 saturated heterocycles. The van der Waals surface area contributed by atoms with E-state index in [4.69, 9.17) is 11.6 Å². The van der Waals surface area contributed by atoms with Crippen LogP contribution >= 0.6 is 11.6 Å². The zero-order valence-corrected chi connectivity index (χ0v) is 9.95. The second-order valence-electron chi connectivity index (χ2n) is 3.38. The van der Waals surface area contributed by atoms with Crippen molar-refractivity contribution in [1.82, 2.24) is 0 Å². The van der Waals surface area contributed by atoms with Crippen LogP contribution in [0.25, 0.3) is 0 Å². The highest BCUT2D eigenvalue weighted by Gasteiger charge is 1.89. The molecule has 0 spiro atoms. The molecule has 0 aliphatic rings.